The second kappa shape index (κ2) is 19.7. The van der Waals surface area contributed by atoms with E-state index >= 15 is 0 Å². The Morgan fingerprint density at radius 1 is 0.398 bits per heavy atom. The minimum absolute atomic E-state index is 0.00207. The van der Waals surface area contributed by atoms with Gasteiger partial charge in [-0.05, 0) is 251 Å². The average molecular weight is 1240 g/mol. The molecule has 0 amide bonds. The molecule has 0 N–H and O–H groups in total. The van der Waals surface area contributed by atoms with Gasteiger partial charge in [-0.15, -0.1) is 11.3 Å². The Bertz CT molecular complexity index is 4600. The molecule has 4 heterocycles. The van der Waals surface area contributed by atoms with Gasteiger partial charge in [0.15, 0.2) is 0 Å². The van der Waals surface area contributed by atoms with E-state index in [9.17, 15) is 0 Å². The number of aryl methyl sites for hydroxylation is 1. The third-order valence-corrected chi connectivity index (χ3v) is 26.3. The molecule has 1 aromatic heterocycles. The average Bonchev–Trinajstić information content (AvgIpc) is 1.66. The fraction of sp³-hybridized carbons (Fsp3) is 0.432. The molecule has 2 bridgehead atoms. The predicted molar refractivity (Wildman–Crippen MR) is 403 cm³/mol. The Morgan fingerprint density at radius 2 is 0.860 bits per heavy atom. The number of hydrogen-bond donors (Lipinski definition) is 0. The molecule has 8 aliphatic rings. The van der Waals surface area contributed by atoms with Gasteiger partial charge in [0.1, 0.15) is 0 Å². The summed E-state index contributed by atoms with van der Waals surface area (Å²) in [5, 5.41) is 1.41. The van der Waals surface area contributed by atoms with Crippen LogP contribution in [0.5, 0.6) is 0 Å². The molecule has 8 aromatic carbocycles. The highest BCUT2D eigenvalue weighted by atomic mass is 32.1. The van der Waals surface area contributed by atoms with E-state index in [1.165, 1.54) is 176 Å². The number of anilines is 9. The van der Waals surface area contributed by atoms with Gasteiger partial charge in [-0.3, -0.25) is 0 Å². The Morgan fingerprint density at radius 3 is 1.39 bits per heavy atom. The van der Waals surface area contributed by atoms with Crippen molar-refractivity contribution < 1.29 is 0 Å². The summed E-state index contributed by atoms with van der Waals surface area (Å²) in [6.07, 6.45) is 10.5. The van der Waals surface area contributed by atoms with E-state index in [1.54, 1.807) is 11.1 Å². The monoisotopic (exact) mass is 1240 g/mol. The summed E-state index contributed by atoms with van der Waals surface area (Å²) >= 11 is 2.11. The van der Waals surface area contributed by atoms with Crippen LogP contribution in [0.1, 0.15) is 250 Å². The zero-order chi connectivity index (χ0) is 65.6. The molecule has 476 valence electrons. The minimum atomic E-state index is -0.0962. The topological polar surface area (TPSA) is 9.72 Å². The molecule has 0 radical (unpaired) electrons. The minimum Gasteiger partial charge on any atom is -0.311 e. The van der Waals surface area contributed by atoms with Crippen molar-refractivity contribution in [3.8, 4) is 11.1 Å². The number of thiophene rings is 1. The first-order chi connectivity index (χ1) is 43.6. The summed E-state index contributed by atoms with van der Waals surface area (Å²) in [5.74, 6) is 0. The highest BCUT2D eigenvalue weighted by molar-refractivity contribution is 7.33. The summed E-state index contributed by atoms with van der Waals surface area (Å²) in [7, 11) is 0. The number of fused-ring (bicyclic) bond motifs is 12. The third-order valence-electron chi connectivity index (χ3n) is 25.1. The van der Waals surface area contributed by atoms with E-state index in [4.69, 9.17) is 0 Å². The maximum absolute atomic E-state index is 2.89. The maximum atomic E-state index is 2.89. The standard InChI is InChI=1S/C88H100BN3S/c1-52-40-62-64(85(15,16)34-32-83(62,11)12)49-69(52)91-73-44-58(82(8,9)10)30-31-68(73)89-77-74(91)45-59(90-70-42-56(80(2,3)4)28-26-54(70)41-55-27-29-57(43-71(55)90)81(5,6)7)46-75(77)92(78-61-48-66-67(51-76(61)93-79(78)89)88(20)38-36-87(66,19)37-39-88)72-50-65-63(84(13,14)33-35-86(65,17)18)47-60(72)53-24-22-21-23-25-53/h21-31,40,42-51H,32-39,41H2,1-20H3. The Balaban J connectivity index is 1.11. The number of benzene rings is 8. The lowest BCUT2D eigenvalue weighted by molar-refractivity contribution is 0.188. The number of hydrogen-bond acceptors (Lipinski definition) is 4. The van der Waals surface area contributed by atoms with Crippen molar-refractivity contribution in [2.45, 2.75) is 245 Å². The van der Waals surface area contributed by atoms with Gasteiger partial charge in [0.05, 0.1) is 17.1 Å². The van der Waals surface area contributed by atoms with Gasteiger partial charge in [0, 0.05) is 61.0 Å². The van der Waals surface area contributed by atoms with Gasteiger partial charge in [0.2, 0.25) is 0 Å². The van der Waals surface area contributed by atoms with Crippen molar-refractivity contribution in [3.05, 3.63) is 200 Å². The first kappa shape index (κ1) is 61.1. The molecule has 3 aliphatic heterocycles. The SMILES string of the molecule is Cc1cc2c(cc1N1c3cc(C(C)(C)C)ccc3B3c4sc5cc6c(cc5c4N(c4cc5c(cc4-c4ccccc4)C(C)(C)CCC5(C)C)c4cc(N5c7cc(C(C)(C)C)ccc7Cc7ccc(C(C)(C)C)cc75)cc1c43)C1(C)CCC6(C)CC1)C(C)(C)CCC2(C)C. The molecule has 93 heavy (non-hydrogen) atoms. The van der Waals surface area contributed by atoms with Crippen molar-refractivity contribution in [1.29, 1.82) is 0 Å². The molecule has 0 spiro atoms. The Hall–Kier alpha value is -6.82. The zero-order valence-electron chi connectivity index (χ0n) is 59.9. The van der Waals surface area contributed by atoms with E-state index in [-0.39, 0.29) is 55.4 Å². The van der Waals surface area contributed by atoms with Gasteiger partial charge in [-0.2, -0.15) is 0 Å². The van der Waals surface area contributed by atoms with Gasteiger partial charge >= 0.3 is 0 Å². The molecule has 17 rings (SSSR count). The van der Waals surface area contributed by atoms with E-state index in [2.05, 4.69) is 298 Å². The summed E-state index contributed by atoms with van der Waals surface area (Å²) in [6, 6.07) is 55.7. The van der Waals surface area contributed by atoms with Crippen LogP contribution in [0.25, 0.3) is 21.2 Å². The molecule has 0 atom stereocenters. The van der Waals surface area contributed by atoms with Crippen molar-refractivity contribution in [2.24, 2.45) is 0 Å². The summed E-state index contributed by atoms with van der Waals surface area (Å²) in [5.41, 5.74) is 34.3. The molecule has 5 aliphatic carbocycles. The predicted octanol–water partition coefficient (Wildman–Crippen LogP) is 23.0. The van der Waals surface area contributed by atoms with E-state index < -0.39 is 0 Å². The van der Waals surface area contributed by atoms with Gasteiger partial charge in [-0.1, -0.05) is 204 Å². The Labute approximate surface area is 562 Å². The number of nitrogens with zero attached hydrogens (tertiary/aromatic N) is 3. The fourth-order valence-electron chi connectivity index (χ4n) is 18.5. The second-order valence-electron chi connectivity index (χ2n) is 36.6. The molecular weight excluding hydrogens is 1140 g/mol. The van der Waals surface area contributed by atoms with Crippen LogP contribution in [-0.4, -0.2) is 6.71 Å². The summed E-state index contributed by atoms with van der Waals surface area (Å²) in [6.45, 7) is 49.2. The van der Waals surface area contributed by atoms with Crippen molar-refractivity contribution in [1.82, 2.24) is 0 Å². The van der Waals surface area contributed by atoms with Crippen molar-refractivity contribution in [3.63, 3.8) is 0 Å². The molecular formula is C88H100BN3S. The van der Waals surface area contributed by atoms with Gasteiger partial charge in [-0.25, -0.2) is 0 Å². The lowest BCUT2D eigenvalue weighted by atomic mass is 9.36. The van der Waals surface area contributed by atoms with E-state index in [0.717, 1.165) is 25.7 Å². The van der Waals surface area contributed by atoms with Crippen molar-refractivity contribution in [2.75, 3.05) is 14.7 Å². The lowest BCUT2D eigenvalue weighted by Crippen LogP contribution is -2.60. The molecule has 3 nitrogen and oxygen atoms in total. The fourth-order valence-corrected chi connectivity index (χ4v) is 19.8. The highest BCUT2D eigenvalue weighted by Crippen LogP contribution is 2.61. The van der Waals surface area contributed by atoms with Crippen LogP contribution in [0.4, 0.5) is 51.2 Å². The van der Waals surface area contributed by atoms with Crippen LogP contribution in [0.2, 0.25) is 0 Å². The van der Waals surface area contributed by atoms with Crippen LogP contribution in [-0.2, 0) is 55.2 Å². The van der Waals surface area contributed by atoms with E-state index in [0.29, 0.717) is 0 Å². The maximum Gasteiger partial charge on any atom is 0.264 e. The van der Waals surface area contributed by atoms with E-state index in [1.807, 2.05) is 0 Å². The second-order valence-corrected chi connectivity index (χ2v) is 37.6. The summed E-state index contributed by atoms with van der Waals surface area (Å²) < 4.78 is 2.88. The molecule has 1 saturated carbocycles. The first-order valence-corrected chi connectivity index (χ1v) is 36.4. The molecule has 1 fully saturated rings. The van der Waals surface area contributed by atoms with Gasteiger partial charge < -0.3 is 14.7 Å². The van der Waals surface area contributed by atoms with Crippen LogP contribution in [0.15, 0.2) is 133 Å². The Kier molecular flexibility index (Phi) is 12.9. The largest absolute Gasteiger partial charge is 0.311 e. The molecule has 9 aromatic rings. The number of rotatable bonds is 4. The quantitative estimate of drug-likeness (QED) is 0.163. The van der Waals surface area contributed by atoms with Crippen molar-refractivity contribution >= 4 is 95.0 Å². The molecule has 5 heteroatoms. The molecule has 0 saturated heterocycles. The third kappa shape index (κ3) is 9.12. The van der Waals surface area contributed by atoms with Crippen LogP contribution < -0.4 is 30.4 Å². The summed E-state index contributed by atoms with van der Waals surface area (Å²) in [4.78, 5) is 8.44. The zero-order valence-corrected chi connectivity index (χ0v) is 60.7. The smallest absolute Gasteiger partial charge is 0.264 e. The van der Waals surface area contributed by atoms with Crippen LogP contribution in [0, 0.1) is 6.92 Å². The first-order valence-electron chi connectivity index (χ1n) is 35.6. The highest BCUT2D eigenvalue weighted by Gasteiger charge is 2.52. The van der Waals surface area contributed by atoms with Crippen LogP contribution >= 0.6 is 11.3 Å². The normalized spacial score (nSPS) is 21.7. The lowest BCUT2D eigenvalue weighted by Gasteiger charge is -2.52. The van der Waals surface area contributed by atoms with Crippen LogP contribution in [0.3, 0.4) is 0 Å². The molecule has 0 unspecified atom stereocenters. The van der Waals surface area contributed by atoms with Gasteiger partial charge in [0.25, 0.3) is 6.71 Å².